The maximum Gasteiger partial charge on any atom is 0.106 e. The quantitative estimate of drug-likeness (QED) is 0.870. The van der Waals surface area contributed by atoms with Gasteiger partial charge in [0.1, 0.15) is 11.5 Å². The summed E-state index contributed by atoms with van der Waals surface area (Å²) in [6, 6.07) is 4.74. The maximum absolute atomic E-state index is 5.86. The molecular weight excluding hydrogens is 258 g/mol. The van der Waals surface area contributed by atoms with Gasteiger partial charge in [-0.15, -0.1) is 0 Å². The zero-order valence-electron chi connectivity index (χ0n) is 14.3. The van der Waals surface area contributed by atoms with E-state index in [9.17, 15) is 0 Å². The summed E-state index contributed by atoms with van der Waals surface area (Å²) in [5.74, 6) is 2.04. The van der Waals surface area contributed by atoms with Crippen LogP contribution in [0.5, 0.6) is 0 Å². The van der Waals surface area contributed by atoms with E-state index < -0.39 is 0 Å². The maximum atomic E-state index is 5.86. The summed E-state index contributed by atoms with van der Waals surface area (Å²) in [4.78, 5) is 0. The highest BCUT2D eigenvalue weighted by molar-refractivity contribution is 5.47. The van der Waals surface area contributed by atoms with Crippen molar-refractivity contribution in [3.8, 4) is 0 Å². The third-order valence-electron chi connectivity index (χ3n) is 4.34. The second kappa shape index (κ2) is 6.07. The van der Waals surface area contributed by atoms with Crippen LogP contribution in [-0.4, -0.2) is 6.54 Å². The predicted octanol–water partition coefficient (Wildman–Crippen LogP) is 4.83. The van der Waals surface area contributed by atoms with E-state index in [0.717, 1.165) is 18.1 Å². The van der Waals surface area contributed by atoms with Gasteiger partial charge >= 0.3 is 0 Å². The molecule has 0 spiro atoms. The normalized spacial score (nSPS) is 12.7. The van der Waals surface area contributed by atoms with Gasteiger partial charge in [-0.3, -0.25) is 0 Å². The molecule has 2 rings (SSSR count). The number of rotatable bonds is 4. The van der Waals surface area contributed by atoms with Crippen LogP contribution in [0, 0.1) is 41.5 Å². The third-order valence-corrected chi connectivity index (χ3v) is 4.34. The van der Waals surface area contributed by atoms with Gasteiger partial charge in [-0.25, -0.2) is 0 Å². The minimum absolute atomic E-state index is 0.202. The predicted molar refractivity (Wildman–Crippen MR) is 89.1 cm³/mol. The molecule has 0 radical (unpaired) electrons. The Morgan fingerprint density at radius 1 is 0.905 bits per heavy atom. The van der Waals surface area contributed by atoms with E-state index in [0.29, 0.717) is 0 Å². The second-order valence-electron chi connectivity index (χ2n) is 6.06. The fraction of sp³-hybridized carbons (Fsp3) is 0.474. The summed E-state index contributed by atoms with van der Waals surface area (Å²) in [6.07, 6.45) is 0. The van der Waals surface area contributed by atoms with Crippen molar-refractivity contribution in [2.24, 2.45) is 0 Å². The van der Waals surface area contributed by atoms with Crippen LogP contribution in [0.1, 0.15) is 57.9 Å². The Hall–Kier alpha value is -1.54. The van der Waals surface area contributed by atoms with Crippen molar-refractivity contribution in [2.45, 2.75) is 54.5 Å². The van der Waals surface area contributed by atoms with Gasteiger partial charge in [-0.05, 0) is 70.3 Å². The lowest BCUT2D eigenvalue weighted by Gasteiger charge is -2.24. The van der Waals surface area contributed by atoms with Crippen molar-refractivity contribution in [1.29, 1.82) is 0 Å². The molecule has 2 nitrogen and oxygen atoms in total. The standard InChI is InChI=1S/C19H27NO/c1-8-20-19(18-14(5)15(6)21-16(18)7)17-12(3)9-11(2)10-13(17)4/h9-10,19-20H,8H2,1-7H3. The van der Waals surface area contributed by atoms with Crippen LogP contribution >= 0.6 is 0 Å². The molecule has 0 aliphatic heterocycles. The SMILES string of the molecule is CCNC(c1c(C)cc(C)cc1C)c1c(C)oc(C)c1C. The van der Waals surface area contributed by atoms with E-state index in [1.165, 1.54) is 33.4 Å². The molecule has 0 aliphatic carbocycles. The molecule has 2 heteroatoms. The lowest BCUT2D eigenvalue weighted by atomic mass is 9.88. The van der Waals surface area contributed by atoms with Crippen molar-refractivity contribution in [3.63, 3.8) is 0 Å². The fourth-order valence-electron chi connectivity index (χ4n) is 3.43. The molecule has 1 unspecified atom stereocenters. The van der Waals surface area contributed by atoms with Gasteiger partial charge in [0.2, 0.25) is 0 Å². The van der Waals surface area contributed by atoms with E-state index in [1.807, 2.05) is 6.92 Å². The summed E-state index contributed by atoms with van der Waals surface area (Å²) in [5.41, 5.74) is 7.95. The van der Waals surface area contributed by atoms with Crippen molar-refractivity contribution in [2.75, 3.05) is 6.54 Å². The second-order valence-corrected chi connectivity index (χ2v) is 6.06. The highest BCUT2D eigenvalue weighted by atomic mass is 16.3. The average molecular weight is 285 g/mol. The van der Waals surface area contributed by atoms with Crippen LogP contribution in [0.4, 0.5) is 0 Å². The lowest BCUT2D eigenvalue weighted by Crippen LogP contribution is -2.24. The zero-order chi connectivity index (χ0) is 15.7. The fourth-order valence-corrected chi connectivity index (χ4v) is 3.43. The monoisotopic (exact) mass is 285 g/mol. The van der Waals surface area contributed by atoms with Crippen LogP contribution in [0.2, 0.25) is 0 Å². The molecular formula is C19H27NO. The Balaban J connectivity index is 2.65. The molecule has 0 fully saturated rings. The number of hydrogen-bond donors (Lipinski definition) is 1. The van der Waals surface area contributed by atoms with Gasteiger partial charge in [0.05, 0.1) is 6.04 Å². The summed E-state index contributed by atoms with van der Waals surface area (Å²) < 4.78 is 5.86. The first kappa shape index (κ1) is 15.8. The first-order valence-corrected chi connectivity index (χ1v) is 7.74. The molecule has 0 aliphatic rings. The lowest BCUT2D eigenvalue weighted by molar-refractivity contribution is 0.494. The van der Waals surface area contributed by atoms with Crippen LogP contribution in [0.15, 0.2) is 16.5 Å². The summed E-state index contributed by atoms with van der Waals surface area (Å²) >= 11 is 0. The molecule has 21 heavy (non-hydrogen) atoms. The Labute approximate surface area is 128 Å². The van der Waals surface area contributed by atoms with Crippen molar-refractivity contribution < 1.29 is 4.42 Å². The number of nitrogens with one attached hydrogen (secondary N) is 1. The van der Waals surface area contributed by atoms with E-state index in [-0.39, 0.29) is 6.04 Å². The number of benzene rings is 1. The summed E-state index contributed by atoms with van der Waals surface area (Å²) in [7, 11) is 0. The van der Waals surface area contributed by atoms with E-state index >= 15 is 0 Å². The number of aryl methyl sites for hydroxylation is 5. The van der Waals surface area contributed by atoms with Crippen molar-refractivity contribution in [1.82, 2.24) is 5.32 Å². The molecule has 114 valence electrons. The van der Waals surface area contributed by atoms with Gasteiger partial charge in [0, 0.05) is 5.56 Å². The van der Waals surface area contributed by atoms with Crippen LogP contribution in [0.3, 0.4) is 0 Å². The number of furan rings is 1. The molecule has 1 atom stereocenters. The topological polar surface area (TPSA) is 25.2 Å². The Morgan fingerprint density at radius 2 is 1.48 bits per heavy atom. The van der Waals surface area contributed by atoms with Gasteiger partial charge in [-0.2, -0.15) is 0 Å². The van der Waals surface area contributed by atoms with Crippen molar-refractivity contribution >= 4 is 0 Å². The van der Waals surface area contributed by atoms with E-state index in [2.05, 4.69) is 59.0 Å². The molecule has 2 aromatic rings. The van der Waals surface area contributed by atoms with Crippen LogP contribution < -0.4 is 5.32 Å². The molecule has 1 aromatic carbocycles. The summed E-state index contributed by atoms with van der Waals surface area (Å²) in [6.45, 7) is 15.9. The Kier molecular flexibility index (Phi) is 4.58. The minimum atomic E-state index is 0.202. The summed E-state index contributed by atoms with van der Waals surface area (Å²) in [5, 5.41) is 3.65. The average Bonchev–Trinajstić information content (AvgIpc) is 2.61. The van der Waals surface area contributed by atoms with Crippen LogP contribution in [-0.2, 0) is 0 Å². The first-order valence-electron chi connectivity index (χ1n) is 7.74. The number of hydrogen-bond acceptors (Lipinski definition) is 2. The zero-order valence-corrected chi connectivity index (χ0v) is 14.3. The van der Waals surface area contributed by atoms with Gasteiger partial charge in [0.25, 0.3) is 0 Å². The minimum Gasteiger partial charge on any atom is -0.466 e. The Morgan fingerprint density at radius 3 is 1.90 bits per heavy atom. The molecule has 0 saturated heterocycles. The molecule has 0 amide bonds. The molecule has 1 aromatic heterocycles. The smallest absolute Gasteiger partial charge is 0.106 e. The van der Waals surface area contributed by atoms with Gasteiger partial charge in [0.15, 0.2) is 0 Å². The van der Waals surface area contributed by atoms with Crippen LogP contribution in [0.25, 0.3) is 0 Å². The van der Waals surface area contributed by atoms with Gasteiger partial charge in [-0.1, -0.05) is 24.6 Å². The Bertz CT molecular complexity index is 629. The van der Waals surface area contributed by atoms with E-state index in [1.54, 1.807) is 0 Å². The molecule has 1 N–H and O–H groups in total. The highest BCUT2D eigenvalue weighted by Gasteiger charge is 2.24. The first-order chi connectivity index (χ1) is 9.86. The molecule has 0 bridgehead atoms. The third kappa shape index (κ3) is 2.91. The molecule has 1 heterocycles. The van der Waals surface area contributed by atoms with Crippen molar-refractivity contribution in [3.05, 3.63) is 57.0 Å². The van der Waals surface area contributed by atoms with Gasteiger partial charge < -0.3 is 9.73 Å². The largest absolute Gasteiger partial charge is 0.466 e. The molecule has 0 saturated carbocycles. The van der Waals surface area contributed by atoms with E-state index in [4.69, 9.17) is 4.42 Å². The highest BCUT2D eigenvalue weighted by Crippen LogP contribution is 2.34.